The van der Waals surface area contributed by atoms with Crippen LogP contribution < -0.4 is 10.0 Å². The first kappa shape index (κ1) is 18.1. The second-order valence-electron chi connectivity index (χ2n) is 7.22. The van der Waals surface area contributed by atoms with Crippen LogP contribution >= 0.6 is 0 Å². The Hall–Kier alpha value is -2.26. The fourth-order valence-corrected chi connectivity index (χ4v) is 5.27. The number of aryl methyl sites for hydroxylation is 1. The lowest BCUT2D eigenvalue weighted by Crippen LogP contribution is -2.33. The van der Waals surface area contributed by atoms with Gasteiger partial charge in [-0.1, -0.05) is 18.9 Å². The SMILES string of the molecule is O=C(Cn1cncn1)N[C@H]1CCc2ccc(S(=O)(=O)NC3CCCC3)cc21. The van der Waals surface area contributed by atoms with Gasteiger partial charge in [-0.05, 0) is 48.9 Å². The molecule has 0 radical (unpaired) electrons. The van der Waals surface area contributed by atoms with E-state index < -0.39 is 10.0 Å². The highest BCUT2D eigenvalue weighted by Gasteiger charge is 2.28. The third-order valence-corrected chi connectivity index (χ3v) is 6.81. The second kappa shape index (κ2) is 7.40. The highest BCUT2D eigenvalue weighted by atomic mass is 32.2. The Morgan fingerprint density at radius 1 is 1.22 bits per heavy atom. The molecular formula is C18H23N5O3S. The normalized spacial score (nSPS) is 19.9. The van der Waals surface area contributed by atoms with Gasteiger partial charge in [0.05, 0.1) is 10.9 Å². The maximum atomic E-state index is 12.7. The lowest BCUT2D eigenvalue weighted by Gasteiger charge is -2.16. The minimum Gasteiger partial charge on any atom is -0.348 e. The molecule has 2 aromatic rings. The summed E-state index contributed by atoms with van der Waals surface area (Å²) in [5.74, 6) is -0.171. The summed E-state index contributed by atoms with van der Waals surface area (Å²) in [6, 6.07) is 5.08. The van der Waals surface area contributed by atoms with Crippen molar-refractivity contribution in [2.45, 2.75) is 62.0 Å². The molecule has 1 heterocycles. The van der Waals surface area contributed by atoms with Gasteiger partial charge in [-0.25, -0.2) is 22.8 Å². The zero-order valence-electron chi connectivity index (χ0n) is 15.0. The van der Waals surface area contributed by atoms with Crippen LogP contribution in [0.5, 0.6) is 0 Å². The number of hydrogen-bond acceptors (Lipinski definition) is 5. The zero-order chi connectivity index (χ0) is 18.9. The number of fused-ring (bicyclic) bond motifs is 1. The minimum absolute atomic E-state index is 0.0291. The highest BCUT2D eigenvalue weighted by molar-refractivity contribution is 7.89. The molecule has 1 fully saturated rings. The molecule has 1 atom stereocenters. The molecule has 144 valence electrons. The first-order chi connectivity index (χ1) is 13.0. The Kier molecular flexibility index (Phi) is 4.96. The molecule has 8 nitrogen and oxygen atoms in total. The molecule has 9 heteroatoms. The average Bonchev–Trinajstić information content (AvgIpc) is 3.37. The molecule has 0 spiro atoms. The van der Waals surface area contributed by atoms with Crippen molar-refractivity contribution >= 4 is 15.9 Å². The van der Waals surface area contributed by atoms with Gasteiger partial charge in [-0.3, -0.25) is 4.79 Å². The zero-order valence-corrected chi connectivity index (χ0v) is 15.8. The summed E-state index contributed by atoms with van der Waals surface area (Å²) in [6.45, 7) is 0.0903. The number of nitrogens with zero attached hydrogens (tertiary/aromatic N) is 3. The van der Waals surface area contributed by atoms with E-state index in [0.717, 1.165) is 49.7 Å². The van der Waals surface area contributed by atoms with Gasteiger partial charge >= 0.3 is 0 Å². The molecule has 0 saturated heterocycles. The number of nitrogens with one attached hydrogen (secondary N) is 2. The number of hydrogen-bond donors (Lipinski definition) is 2. The monoisotopic (exact) mass is 389 g/mol. The topological polar surface area (TPSA) is 106 Å². The van der Waals surface area contributed by atoms with E-state index in [-0.39, 0.29) is 29.4 Å². The molecule has 4 rings (SSSR count). The summed E-state index contributed by atoms with van der Waals surface area (Å²) >= 11 is 0. The maximum absolute atomic E-state index is 12.7. The van der Waals surface area contributed by atoms with Crippen molar-refractivity contribution in [3.8, 4) is 0 Å². The minimum atomic E-state index is -3.54. The quantitative estimate of drug-likeness (QED) is 0.775. The van der Waals surface area contributed by atoms with E-state index in [1.54, 1.807) is 12.1 Å². The molecule has 2 N–H and O–H groups in total. The van der Waals surface area contributed by atoms with E-state index in [2.05, 4.69) is 20.1 Å². The van der Waals surface area contributed by atoms with Gasteiger partial charge in [0.25, 0.3) is 0 Å². The van der Waals surface area contributed by atoms with E-state index in [9.17, 15) is 13.2 Å². The van der Waals surface area contributed by atoms with Crippen LogP contribution in [0.2, 0.25) is 0 Å². The Morgan fingerprint density at radius 3 is 2.78 bits per heavy atom. The van der Waals surface area contributed by atoms with Crippen molar-refractivity contribution in [1.82, 2.24) is 24.8 Å². The van der Waals surface area contributed by atoms with E-state index in [0.29, 0.717) is 0 Å². The van der Waals surface area contributed by atoms with Crippen molar-refractivity contribution in [3.63, 3.8) is 0 Å². The summed E-state index contributed by atoms with van der Waals surface area (Å²) in [5, 5.41) is 6.91. The summed E-state index contributed by atoms with van der Waals surface area (Å²) in [7, 11) is -3.54. The fourth-order valence-electron chi connectivity index (χ4n) is 3.93. The Balaban J connectivity index is 1.49. The predicted octanol–water partition coefficient (Wildman–Crippen LogP) is 1.30. The van der Waals surface area contributed by atoms with Gasteiger partial charge in [0.1, 0.15) is 19.2 Å². The highest BCUT2D eigenvalue weighted by Crippen LogP contribution is 2.33. The molecule has 2 aliphatic rings. The molecule has 1 amide bonds. The lowest BCUT2D eigenvalue weighted by molar-refractivity contribution is -0.122. The van der Waals surface area contributed by atoms with Crippen LogP contribution in [-0.2, 0) is 27.8 Å². The maximum Gasteiger partial charge on any atom is 0.242 e. The van der Waals surface area contributed by atoms with Crippen LogP contribution in [-0.4, -0.2) is 35.1 Å². The van der Waals surface area contributed by atoms with Crippen LogP contribution in [0.3, 0.4) is 0 Å². The first-order valence-corrected chi connectivity index (χ1v) is 10.8. The van der Waals surface area contributed by atoms with Crippen molar-refractivity contribution < 1.29 is 13.2 Å². The van der Waals surface area contributed by atoms with Crippen molar-refractivity contribution in [2.24, 2.45) is 0 Å². The van der Waals surface area contributed by atoms with E-state index >= 15 is 0 Å². The van der Waals surface area contributed by atoms with Crippen molar-refractivity contribution in [2.75, 3.05) is 0 Å². The average molecular weight is 389 g/mol. The van der Waals surface area contributed by atoms with Crippen LogP contribution in [0.25, 0.3) is 0 Å². The van der Waals surface area contributed by atoms with E-state index in [4.69, 9.17) is 0 Å². The molecule has 1 aromatic carbocycles. The Labute approximate surface area is 158 Å². The summed E-state index contributed by atoms with van der Waals surface area (Å²) in [4.78, 5) is 16.3. The van der Waals surface area contributed by atoms with Gasteiger partial charge < -0.3 is 5.32 Å². The van der Waals surface area contributed by atoms with Gasteiger partial charge in [-0.2, -0.15) is 5.10 Å². The van der Waals surface area contributed by atoms with Crippen LogP contribution in [0, 0.1) is 0 Å². The Bertz CT molecular complexity index is 920. The van der Waals surface area contributed by atoms with Gasteiger partial charge in [0, 0.05) is 6.04 Å². The second-order valence-corrected chi connectivity index (χ2v) is 8.93. The largest absolute Gasteiger partial charge is 0.348 e. The molecule has 0 aliphatic heterocycles. The summed E-state index contributed by atoms with van der Waals surface area (Å²) < 4.78 is 29.7. The smallest absolute Gasteiger partial charge is 0.242 e. The predicted molar refractivity (Wildman–Crippen MR) is 98.2 cm³/mol. The lowest BCUT2D eigenvalue weighted by atomic mass is 10.1. The molecule has 0 unspecified atom stereocenters. The molecule has 1 aromatic heterocycles. The third kappa shape index (κ3) is 4.03. The number of aromatic nitrogens is 3. The Morgan fingerprint density at radius 2 is 2.04 bits per heavy atom. The molecular weight excluding hydrogens is 366 g/mol. The number of amides is 1. The molecule has 1 saturated carbocycles. The van der Waals surface area contributed by atoms with Crippen LogP contribution in [0.4, 0.5) is 0 Å². The molecule has 27 heavy (non-hydrogen) atoms. The number of sulfonamides is 1. The van der Waals surface area contributed by atoms with E-state index in [1.807, 2.05) is 6.07 Å². The van der Waals surface area contributed by atoms with Crippen LogP contribution in [0.15, 0.2) is 35.7 Å². The number of rotatable bonds is 6. The fraction of sp³-hybridized carbons (Fsp3) is 0.500. The number of benzene rings is 1. The number of carbonyl (C=O) groups is 1. The van der Waals surface area contributed by atoms with Gasteiger partial charge in [0.2, 0.25) is 15.9 Å². The first-order valence-electron chi connectivity index (χ1n) is 9.28. The van der Waals surface area contributed by atoms with Gasteiger partial charge in [-0.15, -0.1) is 0 Å². The summed E-state index contributed by atoms with van der Waals surface area (Å²) in [5.41, 5.74) is 1.97. The standard InChI is InChI=1S/C18H23N5O3S/c24-18(10-23-12-19-11-20-23)21-17-8-6-13-5-7-15(9-16(13)17)27(25,26)22-14-3-1-2-4-14/h5,7,9,11-12,14,17,22H,1-4,6,8,10H2,(H,21,24)/t17-/m0/s1. The van der Waals surface area contributed by atoms with Crippen molar-refractivity contribution in [3.05, 3.63) is 42.0 Å². The van der Waals surface area contributed by atoms with Crippen molar-refractivity contribution in [1.29, 1.82) is 0 Å². The summed E-state index contributed by atoms with van der Waals surface area (Å²) in [6.07, 6.45) is 8.37. The molecule has 0 bridgehead atoms. The molecule has 2 aliphatic carbocycles. The van der Waals surface area contributed by atoms with E-state index in [1.165, 1.54) is 17.3 Å². The van der Waals surface area contributed by atoms with Crippen LogP contribution in [0.1, 0.15) is 49.3 Å². The third-order valence-electron chi connectivity index (χ3n) is 5.29. The van der Waals surface area contributed by atoms with Gasteiger partial charge in [0.15, 0.2) is 0 Å². The number of carbonyl (C=O) groups excluding carboxylic acids is 1.